The van der Waals surface area contributed by atoms with E-state index >= 15 is 0 Å². The zero-order chi connectivity index (χ0) is 14.6. The van der Waals surface area contributed by atoms with E-state index in [0.717, 1.165) is 42.6 Å². The van der Waals surface area contributed by atoms with Crippen LogP contribution in [0.4, 0.5) is 5.82 Å². The number of anilines is 1. The molecule has 4 heteroatoms. The van der Waals surface area contributed by atoms with Crippen molar-refractivity contribution in [2.24, 2.45) is 5.41 Å². The fourth-order valence-corrected chi connectivity index (χ4v) is 3.16. The van der Waals surface area contributed by atoms with Gasteiger partial charge in [0, 0.05) is 25.8 Å². The van der Waals surface area contributed by atoms with Crippen molar-refractivity contribution in [3.63, 3.8) is 0 Å². The Balaban J connectivity index is 2.14. The maximum absolute atomic E-state index is 6.23. The molecule has 0 aromatic carbocycles. The summed E-state index contributed by atoms with van der Waals surface area (Å²) in [5.74, 6) is 1.08. The van der Waals surface area contributed by atoms with E-state index in [-0.39, 0.29) is 0 Å². The highest BCUT2D eigenvalue weighted by atomic mass is 35.5. The number of hydrogen-bond acceptors (Lipinski definition) is 3. The third-order valence-electron chi connectivity index (χ3n) is 4.75. The van der Waals surface area contributed by atoms with Gasteiger partial charge < -0.3 is 10.2 Å². The Morgan fingerprint density at radius 3 is 2.70 bits per heavy atom. The lowest BCUT2D eigenvalue weighted by atomic mass is 9.82. The van der Waals surface area contributed by atoms with E-state index in [0.29, 0.717) is 5.41 Å². The van der Waals surface area contributed by atoms with Gasteiger partial charge in [0.15, 0.2) is 0 Å². The number of nitrogens with one attached hydrogen (secondary N) is 1. The molecule has 1 aromatic heterocycles. The predicted octanol–water partition coefficient (Wildman–Crippen LogP) is 3.86. The van der Waals surface area contributed by atoms with E-state index in [1.807, 2.05) is 0 Å². The van der Waals surface area contributed by atoms with E-state index in [2.05, 4.69) is 42.0 Å². The lowest BCUT2D eigenvalue weighted by molar-refractivity contribution is 0.301. The van der Waals surface area contributed by atoms with E-state index in [9.17, 15) is 0 Å². The summed E-state index contributed by atoms with van der Waals surface area (Å²) in [6.45, 7) is 10.7. The molecule has 2 heterocycles. The van der Waals surface area contributed by atoms with Gasteiger partial charge in [-0.2, -0.15) is 0 Å². The predicted molar refractivity (Wildman–Crippen MR) is 86.5 cm³/mol. The van der Waals surface area contributed by atoms with Crippen LogP contribution in [0, 0.1) is 5.41 Å². The quantitative estimate of drug-likeness (QED) is 0.864. The van der Waals surface area contributed by atoms with E-state index in [4.69, 9.17) is 11.6 Å². The molecule has 1 N–H and O–H groups in total. The van der Waals surface area contributed by atoms with Gasteiger partial charge in [-0.15, -0.1) is 0 Å². The minimum absolute atomic E-state index is 0.475. The van der Waals surface area contributed by atoms with Gasteiger partial charge >= 0.3 is 0 Å². The minimum atomic E-state index is 0.475. The maximum Gasteiger partial charge on any atom is 0.128 e. The summed E-state index contributed by atoms with van der Waals surface area (Å²) in [4.78, 5) is 6.94. The first-order chi connectivity index (χ1) is 9.64. The Kier molecular flexibility index (Phi) is 5.28. The first kappa shape index (κ1) is 15.6. The number of nitrogens with zero attached hydrogens (tertiary/aromatic N) is 2. The highest BCUT2D eigenvalue weighted by Gasteiger charge is 2.35. The van der Waals surface area contributed by atoms with Gasteiger partial charge in [-0.25, -0.2) is 4.98 Å². The molecule has 0 unspecified atom stereocenters. The lowest BCUT2D eigenvalue weighted by Crippen LogP contribution is -2.27. The SMILES string of the molecule is CCNCc1cc(N2CCC(CC)(CC)C2)ncc1Cl. The normalized spacial score (nSPS) is 17.7. The zero-order valence-corrected chi connectivity index (χ0v) is 13.6. The summed E-state index contributed by atoms with van der Waals surface area (Å²) in [6, 6.07) is 2.15. The van der Waals surface area contributed by atoms with Gasteiger partial charge in [-0.3, -0.25) is 0 Å². The molecule has 20 heavy (non-hydrogen) atoms. The van der Waals surface area contributed by atoms with Gasteiger partial charge in [0.25, 0.3) is 0 Å². The summed E-state index contributed by atoms with van der Waals surface area (Å²) >= 11 is 6.23. The Hall–Kier alpha value is -0.800. The average Bonchev–Trinajstić information content (AvgIpc) is 2.91. The van der Waals surface area contributed by atoms with Gasteiger partial charge in [0.1, 0.15) is 5.82 Å². The smallest absolute Gasteiger partial charge is 0.128 e. The van der Waals surface area contributed by atoms with Crippen LogP contribution in [-0.4, -0.2) is 24.6 Å². The summed E-state index contributed by atoms with van der Waals surface area (Å²) in [5, 5.41) is 4.09. The fraction of sp³-hybridized carbons (Fsp3) is 0.688. The summed E-state index contributed by atoms with van der Waals surface area (Å²) < 4.78 is 0. The number of pyridine rings is 1. The molecule has 3 nitrogen and oxygen atoms in total. The Morgan fingerprint density at radius 2 is 2.10 bits per heavy atom. The van der Waals surface area contributed by atoms with Crippen molar-refractivity contribution in [1.29, 1.82) is 0 Å². The third-order valence-corrected chi connectivity index (χ3v) is 5.09. The van der Waals surface area contributed by atoms with E-state index < -0.39 is 0 Å². The van der Waals surface area contributed by atoms with Crippen molar-refractivity contribution >= 4 is 17.4 Å². The molecule has 1 fully saturated rings. The van der Waals surface area contributed by atoms with Crippen molar-refractivity contribution in [3.05, 3.63) is 22.8 Å². The number of halogens is 1. The fourth-order valence-electron chi connectivity index (χ4n) is 2.99. The highest BCUT2D eigenvalue weighted by Crippen LogP contribution is 2.38. The number of rotatable bonds is 6. The largest absolute Gasteiger partial charge is 0.356 e. The molecule has 1 aliphatic heterocycles. The monoisotopic (exact) mass is 295 g/mol. The van der Waals surface area contributed by atoms with Crippen LogP contribution in [0.3, 0.4) is 0 Å². The van der Waals surface area contributed by atoms with E-state index in [1.54, 1.807) is 6.20 Å². The molecular formula is C16H26ClN3. The number of hydrogen-bond donors (Lipinski definition) is 1. The summed E-state index contributed by atoms with van der Waals surface area (Å²) in [5.41, 5.74) is 1.62. The van der Waals surface area contributed by atoms with Crippen LogP contribution >= 0.6 is 11.6 Å². The van der Waals surface area contributed by atoms with Crippen molar-refractivity contribution in [1.82, 2.24) is 10.3 Å². The van der Waals surface area contributed by atoms with Gasteiger partial charge in [0.2, 0.25) is 0 Å². The summed E-state index contributed by atoms with van der Waals surface area (Å²) in [7, 11) is 0. The molecule has 0 radical (unpaired) electrons. The maximum atomic E-state index is 6.23. The average molecular weight is 296 g/mol. The molecule has 0 aliphatic carbocycles. The molecule has 2 rings (SSSR count). The van der Waals surface area contributed by atoms with Crippen LogP contribution in [-0.2, 0) is 6.54 Å². The van der Waals surface area contributed by atoms with Gasteiger partial charge in [0.05, 0.1) is 5.02 Å². The molecule has 1 aromatic rings. The second-order valence-corrected chi connectivity index (χ2v) is 6.20. The Bertz CT molecular complexity index is 443. The first-order valence-electron chi connectivity index (χ1n) is 7.74. The van der Waals surface area contributed by atoms with Crippen LogP contribution in [0.2, 0.25) is 5.02 Å². The highest BCUT2D eigenvalue weighted by molar-refractivity contribution is 6.31. The second-order valence-electron chi connectivity index (χ2n) is 5.79. The molecule has 0 bridgehead atoms. The Morgan fingerprint density at radius 1 is 1.35 bits per heavy atom. The van der Waals surface area contributed by atoms with Crippen LogP contribution in [0.15, 0.2) is 12.3 Å². The van der Waals surface area contributed by atoms with Crippen molar-refractivity contribution in [2.45, 2.75) is 46.6 Å². The minimum Gasteiger partial charge on any atom is -0.356 e. The van der Waals surface area contributed by atoms with Crippen molar-refractivity contribution < 1.29 is 0 Å². The van der Waals surface area contributed by atoms with Crippen molar-refractivity contribution in [3.8, 4) is 0 Å². The third kappa shape index (κ3) is 3.26. The zero-order valence-electron chi connectivity index (χ0n) is 12.9. The second kappa shape index (κ2) is 6.77. The molecule has 0 saturated carbocycles. The molecule has 0 atom stereocenters. The molecule has 1 saturated heterocycles. The molecule has 1 aliphatic rings. The van der Waals surface area contributed by atoms with E-state index in [1.165, 1.54) is 19.3 Å². The molecule has 0 amide bonds. The van der Waals surface area contributed by atoms with Crippen molar-refractivity contribution in [2.75, 3.05) is 24.5 Å². The topological polar surface area (TPSA) is 28.2 Å². The lowest BCUT2D eigenvalue weighted by Gasteiger charge is -2.27. The molecular weight excluding hydrogens is 270 g/mol. The standard InChI is InChI=1S/C16H26ClN3/c1-4-16(5-2)7-8-20(12-16)15-9-13(10-18-6-3)14(17)11-19-15/h9,11,18H,4-8,10,12H2,1-3H3. The van der Waals surface area contributed by atoms with Crippen LogP contribution in [0.25, 0.3) is 0 Å². The Labute approximate surface area is 127 Å². The molecule has 0 spiro atoms. The molecule has 112 valence electrons. The van der Waals surface area contributed by atoms with Gasteiger partial charge in [-0.05, 0) is 42.9 Å². The first-order valence-corrected chi connectivity index (χ1v) is 8.12. The van der Waals surface area contributed by atoms with Gasteiger partial charge in [-0.1, -0.05) is 32.4 Å². The summed E-state index contributed by atoms with van der Waals surface area (Å²) in [6.07, 6.45) is 5.56. The van der Waals surface area contributed by atoms with Crippen LogP contribution < -0.4 is 10.2 Å². The van der Waals surface area contributed by atoms with Crippen LogP contribution in [0.1, 0.15) is 45.6 Å². The number of aromatic nitrogens is 1. The van der Waals surface area contributed by atoms with Crippen LogP contribution in [0.5, 0.6) is 0 Å².